The third kappa shape index (κ3) is 3.82. The second-order valence-electron chi connectivity index (χ2n) is 7.07. The molecule has 1 atom stereocenters. The van der Waals surface area contributed by atoms with Crippen molar-refractivity contribution in [2.24, 2.45) is 0 Å². The first-order valence-electron chi connectivity index (χ1n) is 9.25. The molecule has 0 radical (unpaired) electrons. The van der Waals surface area contributed by atoms with Gasteiger partial charge in [0.25, 0.3) is 0 Å². The number of imidazole rings is 1. The lowest BCUT2D eigenvalue weighted by Crippen LogP contribution is -2.28. The van der Waals surface area contributed by atoms with Crippen LogP contribution in [0.15, 0.2) is 47.8 Å². The molecule has 142 valence electrons. The molecule has 0 bridgehead atoms. The maximum atomic E-state index is 12.5. The summed E-state index contributed by atoms with van der Waals surface area (Å²) in [5.74, 6) is 0.689. The number of aromatic amines is 1. The van der Waals surface area contributed by atoms with Gasteiger partial charge in [-0.05, 0) is 38.5 Å². The molecule has 4 aromatic rings. The molecule has 2 N–H and O–H groups in total. The van der Waals surface area contributed by atoms with E-state index in [1.54, 1.807) is 11.3 Å². The molecule has 0 saturated heterocycles. The number of carbonyl (C=O) groups is 1. The van der Waals surface area contributed by atoms with Crippen LogP contribution >= 0.6 is 11.3 Å². The summed E-state index contributed by atoms with van der Waals surface area (Å²) in [5.41, 5.74) is 6.21. The zero-order chi connectivity index (χ0) is 19.7. The number of nitrogens with zero attached hydrogens (tertiary/aromatic N) is 2. The van der Waals surface area contributed by atoms with E-state index in [2.05, 4.69) is 52.3 Å². The molecule has 2 aromatic heterocycles. The Morgan fingerprint density at radius 2 is 2.00 bits per heavy atom. The molecule has 0 unspecified atom stereocenters. The number of hydrogen-bond donors (Lipinski definition) is 2. The predicted octanol–water partition coefficient (Wildman–Crippen LogP) is 4.72. The number of carbonyl (C=O) groups excluding carboxylic acids is 1. The Morgan fingerprint density at radius 3 is 2.79 bits per heavy atom. The molecular weight excluding hydrogens is 368 g/mol. The Morgan fingerprint density at radius 1 is 1.18 bits per heavy atom. The Hall–Kier alpha value is -2.99. The monoisotopic (exact) mass is 390 g/mol. The molecule has 0 aliphatic carbocycles. The number of hydrogen-bond acceptors (Lipinski definition) is 4. The van der Waals surface area contributed by atoms with Crippen LogP contribution in [-0.2, 0) is 11.2 Å². The highest BCUT2D eigenvalue weighted by atomic mass is 32.1. The normalized spacial score (nSPS) is 12.2. The average molecular weight is 391 g/mol. The summed E-state index contributed by atoms with van der Waals surface area (Å²) in [6.45, 7) is 6.10. The maximum Gasteiger partial charge on any atom is 0.226 e. The minimum absolute atomic E-state index is 0.0644. The van der Waals surface area contributed by atoms with E-state index in [1.807, 2.05) is 36.6 Å². The largest absolute Gasteiger partial charge is 0.346 e. The fourth-order valence-electron chi connectivity index (χ4n) is 3.27. The minimum Gasteiger partial charge on any atom is -0.346 e. The van der Waals surface area contributed by atoms with Crippen molar-refractivity contribution in [1.29, 1.82) is 0 Å². The van der Waals surface area contributed by atoms with Gasteiger partial charge < -0.3 is 10.3 Å². The molecule has 0 fully saturated rings. The Bertz CT molecular complexity index is 1110. The van der Waals surface area contributed by atoms with Crippen LogP contribution in [0.4, 0.5) is 0 Å². The highest BCUT2D eigenvalue weighted by Gasteiger charge is 2.15. The van der Waals surface area contributed by atoms with Crippen molar-refractivity contribution in [3.05, 3.63) is 70.5 Å². The van der Waals surface area contributed by atoms with Crippen LogP contribution in [0.25, 0.3) is 21.6 Å². The Labute approximate surface area is 167 Å². The van der Waals surface area contributed by atoms with Crippen LogP contribution in [0.1, 0.15) is 35.6 Å². The van der Waals surface area contributed by atoms with Crippen molar-refractivity contribution in [1.82, 2.24) is 20.3 Å². The molecule has 0 aliphatic rings. The van der Waals surface area contributed by atoms with Crippen molar-refractivity contribution in [2.75, 3.05) is 0 Å². The van der Waals surface area contributed by atoms with Gasteiger partial charge in [-0.2, -0.15) is 0 Å². The number of nitrogens with one attached hydrogen (secondary N) is 2. The number of amides is 1. The molecule has 0 spiro atoms. The third-order valence-corrected chi connectivity index (χ3v) is 5.63. The predicted molar refractivity (Wildman–Crippen MR) is 113 cm³/mol. The zero-order valence-corrected chi connectivity index (χ0v) is 16.9. The molecule has 28 heavy (non-hydrogen) atoms. The number of aromatic nitrogens is 3. The van der Waals surface area contributed by atoms with E-state index in [4.69, 9.17) is 0 Å². The van der Waals surface area contributed by atoms with E-state index >= 15 is 0 Å². The van der Waals surface area contributed by atoms with E-state index in [-0.39, 0.29) is 18.4 Å². The number of thiazole rings is 1. The van der Waals surface area contributed by atoms with E-state index in [1.165, 1.54) is 11.1 Å². The van der Waals surface area contributed by atoms with Crippen LogP contribution in [0.2, 0.25) is 0 Å². The van der Waals surface area contributed by atoms with Gasteiger partial charge in [-0.1, -0.05) is 35.9 Å². The van der Waals surface area contributed by atoms with Crippen LogP contribution in [0.3, 0.4) is 0 Å². The maximum absolute atomic E-state index is 12.5. The third-order valence-electron chi connectivity index (χ3n) is 4.70. The van der Waals surface area contributed by atoms with Crippen LogP contribution in [-0.4, -0.2) is 20.9 Å². The first-order chi connectivity index (χ1) is 13.5. The van der Waals surface area contributed by atoms with Crippen LogP contribution in [0, 0.1) is 13.8 Å². The molecule has 1 amide bonds. The first kappa shape index (κ1) is 18.4. The summed E-state index contributed by atoms with van der Waals surface area (Å²) in [5, 5.41) is 5.91. The van der Waals surface area contributed by atoms with Gasteiger partial charge in [-0.15, -0.1) is 11.3 Å². The summed E-state index contributed by atoms with van der Waals surface area (Å²) in [6.07, 6.45) is 0.256. The number of rotatable bonds is 5. The topological polar surface area (TPSA) is 70.7 Å². The van der Waals surface area contributed by atoms with Crippen molar-refractivity contribution >= 4 is 28.3 Å². The van der Waals surface area contributed by atoms with E-state index in [9.17, 15) is 4.79 Å². The van der Waals surface area contributed by atoms with Gasteiger partial charge >= 0.3 is 0 Å². The SMILES string of the molecule is Cc1ccc(-c2nc(CC(=O)N[C@@H](C)c3nc4ccccc4[nH]3)cs2)c(C)c1. The number of aryl methyl sites for hydroxylation is 2. The van der Waals surface area contributed by atoms with Crippen molar-refractivity contribution < 1.29 is 4.79 Å². The fraction of sp³-hybridized carbons (Fsp3) is 0.227. The molecule has 0 aliphatic heterocycles. The van der Waals surface area contributed by atoms with Gasteiger partial charge in [0.1, 0.15) is 10.8 Å². The average Bonchev–Trinajstić information content (AvgIpc) is 3.28. The Balaban J connectivity index is 1.43. The summed E-state index contributed by atoms with van der Waals surface area (Å²) >= 11 is 1.57. The van der Waals surface area contributed by atoms with E-state index in [0.29, 0.717) is 0 Å². The Kier molecular flexibility index (Phi) is 4.96. The fourth-order valence-corrected chi connectivity index (χ4v) is 4.18. The van der Waals surface area contributed by atoms with Gasteiger partial charge in [0.15, 0.2) is 0 Å². The summed E-state index contributed by atoms with van der Waals surface area (Å²) in [6, 6.07) is 14.0. The molecule has 5 nitrogen and oxygen atoms in total. The summed E-state index contributed by atoms with van der Waals surface area (Å²) in [7, 11) is 0. The molecule has 0 saturated carbocycles. The molecule has 2 aromatic carbocycles. The lowest BCUT2D eigenvalue weighted by Gasteiger charge is -2.10. The van der Waals surface area contributed by atoms with Gasteiger partial charge in [-0.25, -0.2) is 9.97 Å². The molecule has 2 heterocycles. The van der Waals surface area contributed by atoms with Crippen LogP contribution < -0.4 is 5.32 Å². The number of benzene rings is 2. The summed E-state index contributed by atoms with van der Waals surface area (Å²) in [4.78, 5) is 25.0. The zero-order valence-electron chi connectivity index (χ0n) is 16.1. The molecule has 6 heteroatoms. The highest BCUT2D eigenvalue weighted by Crippen LogP contribution is 2.27. The number of para-hydroxylation sites is 2. The first-order valence-corrected chi connectivity index (χ1v) is 10.1. The van der Waals surface area contributed by atoms with Crippen molar-refractivity contribution in [3.8, 4) is 10.6 Å². The van der Waals surface area contributed by atoms with Crippen LogP contribution in [0.5, 0.6) is 0 Å². The molecular formula is C22H22N4OS. The number of fused-ring (bicyclic) bond motifs is 1. The number of H-pyrrole nitrogens is 1. The molecule has 4 rings (SSSR count). The minimum atomic E-state index is -0.197. The lowest BCUT2D eigenvalue weighted by molar-refractivity contribution is -0.121. The van der Waals surface area contributed by atoms with Gasteiger partial charge in [0.05, 0.1) is 29.2 Å². The highest BCUT2D eigenvalue weighted by molar-refractivity contribution is 7.13. The van der Waals surface area contributed by atoms with E-state index in [0.717, 1.165) is 33.1 Å². The van der Waals surface area contributed by atoms with Gasteiger partial charge in [-0.3, -0.25) is 4.79 Å². The second kappa shape index (κ2) is 7.56. The lowest BCUT2D eigenvalue weighted by atomic mass is 10.1. The second-order valence-corrected chi connectivity index (χ2v) is 7.93. The smallest absolute Gasteiger partial charge is 0.226 e. The van der Waals surface area contributed by atoms with Gasteiger partial charge in [0.2, 0.25) is 5.91 Å². The van der Waals surface area contributed by atoms with E-state index < -0.39 is 0 Å². The van der Waals surface area contributed by atoms with Crippen molar-refractivity contribution in [3.63, 3.8) is 0 Å². The standard InChI is InChI=1S/C22H22N4OS/c1-13-8-9-17(14(2)10-13)22-24-16(12-28-22)11-20(27)23-15(3)21-25-18-6-4-5-7-19(18)26-21/h4-10,12,15H,11H2,1-3H3,(H,23,27)(H,25,26)/t15-/m0/s1. The van der Waals surface area contributed by atoms with Crippen molar-refractivity contribution in [2.45, 2.75) is 33.2 Å². The summed E-state index contributed by atoms with van der Waals surface area (Å²) < 4.78 is 0. The van der Waals surface area contributed by atoms with Gasteiger partial charge in [0, 0.05) is 10.9 Å². The quantitative estimate of drug-likeness (QED) is 0.518.